The lowest BCUT2D eigenvalue weighted by Crippen LogP contribution is -2.29. The fourth-order valence-electron chi connectivity index (χ4n) is 2.12. The molecule has 19 heavy (non-hydrogen) atoms. The molecule has 0 bridgehead atoms. The Kier molecular flexibility index (Phi) is 7.24. The second-order valence-electron chi connectivity index (χ2n) is 5.16. The largest absolute Gasteiger partial charge is 0.356 e. The van der Waals surface area contributed by atoms with Crippen molar-refractivity contribution in [2.75, 3.05) is 6.54 Å². The van der Waals surface area contributed by atoms with Crippen molar-refractivity contribution in [2.24, 2.45) is 5.92 Å². The van der Waals surface area contributed by atoms with Crippen molar-refractivity contribution in [3.05, 3.63) is 35.4 Å². The highest BCUT2D eigenvalue weighted by molar-refractivity contribution is 5.76. The third kappa shape index (κ3) is 5.91. The van der Waals surface area contributed by atoms with Crippen molar-refractivity contribution in [1.82, 2.24) is 5.32 Å². The zero-order valence-corrected chi connectivity index (χ0v) is 12.5. The third-order valence-electron chi connectivity index (χ3n) is 3.81. The first-order valence-corrected chi connectivity index (χ1v) is 7.54. The second kappa shape index (κ2) is 8.73. The Morgan fingerprint density at radius 2 is 1.63 bits per heavy atom. The van der Waals surface area contributed by atoms with Crippen LogP contribution in [-0.4, -0.2) is 12.5 Å². The maximum atomic E-state index is 11.8. The predicted octanol–water partition coefficient (Wildman–Crippen LogP) is 3.73. The molecule has 0 spiro atoms. The fourth-order valence-corrected chi connectivity index (χ4v) is 2.12. The summed E-state index contributed by atoms with van der Waals surface area (Å²) in [6, 6.07) is 8.56. The summed E-state index contributed by atoms with van der Waals surface area (Å²) in [6.07, 6.45) is 4.76. The van der Waals surface area contributed by atoms with E-state index < -0.39 is 0 Å². The lowest BCUT2D eigenvalue weighted by molar-refractivity contribution is -0.121. The molecular formula is C17H27NO. The minimum atomic E-state index is 0.173. The van der Waals surface area contributed by atoms with Gasteiger partial charge in [0, 0.05) is 13.0 Å². The molecule has 0 aliphatic heterocycles. The molecule has 0 heterocycles. The van der Waals surface area contributed by atoms with Gasteiger partial charge in [-0.2, -0.15) is 0 Å². The monoisotopic (exact) mass is 261 g/mol. The molecule has 0 aliphatic rings. The number of rotatable bonds is 8. The Labute approximate surface area is 117 Å². The van der Waals surface area contributed by atoms with Crippen LogP contribution in [0.4, 0.5) is 0 Å². The number of carbonyl (C=O) groups is 1. The molecule has 0 saturated carbocycles. The van der Waals surface area contributed by atoms with E-state index in [0.717, 1.165) is 32.2 Å². The molecule has 1 aromatic carbocycles. The standard InChI is InChI=1S/C17H27NO/c1-4-14(5-2)13-18-17(19)12-11-16-9-7-15(6-3)8-10-16/h7-10,14H,4-6,11-13H2,1-3H3,(H,18,19). The number of benzene rings is 1. The highest BCUT2D eigenvalue weighted by Crippen LogP contribution is 2.08. The van der Waals surface area contributed by atoms with E-state index in [4.69, 9.17) is 0 Å². The highest BCUT2D eigenvalue weighted by Gasteiger charge is 2.06. The van der Waals surface area contributed by atoms with E-state index in [9.17, 15) is 4.79 Å². The van der Waals surface area contributed by atoms with E-state index in [1.54, 1.807) is 0 Å². The van der Waals surface area contributed by atoms with Gasteiger partial charge < -0.3 is 5.32 Å². The molecule has 0 saturated heterocycles. The number of aryl methyl sites for hydroxylation is 2. The molecule has 0 fully saturated rings. The van der Waals surface area contributed by atoms with Crippen LogP contribution in [0.5, 0.6) is 0 Å². The molecule has 0 aliphatic carbocycles. The van der Waals surface area contributed by atoms with Gasteiger partial charge in [-0.15, -0.1) is 0 Å². The number of carbonyl (C=O) groups excluding carboxylic acids is 1. The zero-order valence-electron chi connectivity index (χ0n) is 12.5. The van der Waals surface area contributed by atoms with Gasteiger partial charge in [0.15, 0.2) is 0 Å². The maximum absolute atomic E-state index is 11.8. The topological polar surface area (TPSA) is 29.1 Å². The predicted molar refractivity (Wildman–Crippen MR) is 81.2 cm³/mol. The molecule has 2 heteroatoms. The normalized spacial score (nSPS) is 10.7. The van der Waals surface area contributed by atoms with Crippen LogP contribution in [0.1, 0.15) is 51.2 Å². The number of hydrogen-bond donors (Lipinski definition) is 1. The SMILES string of the molecule is CCc1ccc(CCC(=O)NCC(CC)CC)cc1. The summed E-state index contributed by atoms with van der Waals surface area (Å²) in [5.41, 5.74) is 2.59. The Hall–Kier alpha value is -1.31. The van der Waals surface area contributed by atoms with Crippen LogP contribution >= 0.6 is 0 Å². The summed E-state index contributed by atoms with van der Waals surface area (Å²) in [7, 11) is 0. The fraction of sp³-hybridized carbons (Fsp3) is 0.588. The third-order valence-corrected chi connectivity index (χ3v) is 3.81. The van der Waals surface area contributed by atoms with Crippen molar-refractivity contribution < 1.29 is 4.79 Å². The average Bonchev–Trinajstić information content (AvgIpc) is 2.46. The molecule has 1 rings (SSSR count). The summed E-state index contributed by atoms with van der Waals surface area (Å²) in [5, 5.41) is 3.04. The van der Waals surface area contributed by atoms with Gasteiger partial charge in [0.05, 0.1) is 0 Å². The number of amides is 1. The smallest absolute Gasteiger partial charge is 0.220 e. The second-order valence-corrected chi connectivity index (χ2v) is 5.16. The quantitative estimate of drug-likeness (QED) is 0.759. The van der Waals surface area contributed by atoms with Crippen molar-refractivity contribution in [1.29, 1.82) is 0 Å². The molecule has 106 valence electrons. The average molecular weight is 261 g/mol. The Bertz CT molecular complexity index is 365. The summed E-state index contributed by atoms with van der Waals surface area (Å²) in [4.78, 5) is 11.8. The van der Waals surface area contributed by atoms with E-state index in [2.05, 4.69) is 50.4 Å². The van der Waals surface area contributed by atoms with Crippen LogP contribution in [0, 0.1) is 5.92 Å². The van der Waals surface area contributed by atoms with Crippen LogP contribution in [0.25, 0.3) is 0 Å². The zero-order chi connectivity index (χ0) is 14.1. The lowest BCUT2D eigenvalue weighted by atomic mass is 10.0. The maximum Gasteiger partial charge on any atom is 0.220 e. The van der Waals surface area contributed by atoms with Crippen LogP contribution in [0.15, 0.2) is 24.3 Å². The lowest BCUT2D eigenvalue weighted by Gasteiger charge is -2.13. The molecule has 1 amide bonds. The summed E-state index contributed by atoms with van der Waals surface area (Å²) >= 11 is 0. The molecule has 0 atom stereocenters. The van der Waals surface area contributed by atoms with Gasteiger partial charge in [-0.3, -0.25) is 4.79 Å². The molecule has 0 aromatic heterocycles. The van der Waals surface area contributed by atoms with Crippen molar-refractivity contribution >= 4 is 5.91 Å². The van der Waals surface area contributed by atoms with Crippen LogP contribution in [0.2, 0.25) is 0 Å². The van der Waals surface area contributed by atoms with E-state index in [1.807, 2.05) is 0 Å². The number of hydrogen-bond acceptors (Lipinski definition) is 1. The van der Waals surface area contributed by atoms with Gasteiger partial charge >= 0.3 is 0 Å². The van der Waals surface area contributed by atoms with Gasteiger partial charge in [-0.05, 0) is 29.9 Å². The molecular weight excluding hydrogens is 234 g/mol. The van der Waals surface area contributed by atoms with Crippen LogP contribution < -0.4 is 5.32 Å². The summed E-state index contributed by atoms with van der Waals surface area (Å²) in [6.45, 7) is 7.33. The molecule has 1 N–H and O–H groups in total. The summed E-state index contributed by atoms with van der Waals surface area (Å²) in [5.74, 6) is 0.791. The van der Waals surface area contributed by atoms with E-state index in [1.165, 1.54) is 11.1 Å². The van der Waals surface area contributed by atoms with E-state index >= 15 is 0 Å². The van der Waals surface area contributed by atoms with Crippen molar-refractivity contribution in [3.8, 4) is 0 Å². The van der Waals surface area contributed by atoms with Crippen molar-refractivity contribution in [2.45, 2.75) is 52.9 Å². The van der Waals surface area contributed by atoms with Gasteiger partial charge in [0.1, 0.15) is 0 Å². The number of nitrogens with one attached hydrogen (secondary N) is 1. The first-order chi connectivity index (χ1) is 9.19. The summed E-state index contributed by atoms with van der Waals surface area (Å²) < 4.78 is 0. The molecule has 1 aromatic rings. The molecule has 2 nitrogen and oxygen atoms in total. The highest BCUT2D eigenvalue weighted by atomic mass is 16.1. The first kappa shape index (κ1) is 15.7. The van der Waals surface area contributed by atoms with Gasteiger partial charge in [-0.1, -0.05) is 57.9 Å². The van der Waals surface area contributed by atoms with E-state index in [0.29, 0.717) is 12.3 Å². The van der Waals surface area contributed by atoms with E-state index in [-0.39, 0.29) is 5.91 Å². The van der Waals surface area contributed by atoms with Gasteiger partial charge in [0.2, 0.25) is 5.91 Å². The van der Waals surface area contributed by atoms with Gasteiger partial charge in [-0.25, -0.2) is 0 Å². The minimum Gasteiger partial charge on any atom is -0.356 e. The van der Waals surface area contributed by atoms with Crippen molar-refractivity contribution in [3.63, 3.8) is 0 Å². The minimum absolute atomic E-state index is 0.173. The first-order valence-electron chi connectivity index (χ1n) is 7.54. The molecule has 0 radical (unpaired) electrons. The molecule has 0 unspecified atom stereocenters. The van der Waals surface area contributed by atoms with Gasteiger partial charge in [0.25, 0.3) is 0 Å². The Morgan fingerprint density at radius 3 is 2.16 bits per heavy atom. The Balaban J connectivity index is 2.29. The van der Waals surface area contributed by atoms with Crippen LogP contribution in [-0.2, 0) is 17.6 Å². The Morgan fingerprint density at radius 1 is 1.05 bits per heavy atom. The van der Waals surface area contributed by atoms with Crippen LogP contribution in [0.3, 0.4) is 0 Å².